The maximum atomic E-state index is 12.9. The normalized spacial score (nSPS) is 10.4. The molecular weight excluding hydrogens is 373 g/mol. The third-order valence-corrected chi connectivity index (χ3v) is 4.90. The van der Waals surface area contributed by atoms with E-state index in [1.807, 2.05) is 60.4 Å². The highest BCUT2D eigenvalue weighted by atomic mass is 127. The molecule has 2 aromatic rings. The first kappa shape index (κ1) is 16.0. The molecule has 1 amide bonds. The molecule has 3 heteroatoms. The zero-order valence-electron chi connectivity index (χ0n) is 12.5. The first-order valence-corrected chi connectivity index (χ1v) is 8.35. The van der Waals surface area contributed by atoms with Crippen molar-refractivity contribution in [1.82, 2.24) is 0 Å². The van der Waals surface area contributed by atoms with E-state index in [1.165, 1.54) is 0 Å². The van der Waals surface area contributed by atoms with Gasteiger partial charge in [-0.15, -0.1) is 0 Å². The lowest BCUT2D eigenvalue weighted by atomic mass is 10.1. The van der Waals surface area contributed by atoms with Crippen LogP contribution in [0.3, 0.4) is 0 Å². The van der Waals surface area contributed by atoms with Crippen LogP contribution < -0.4 is 4.90 Å². The number of halogens is 1. The molecule has 2 nitrogen and oxygen atoms in total. The summed E-state index contributed by atoms with van der Waals surface area (Å²) in [7, 11) is 0. The highest BCUT2D eigenvalue weighted by Gasteiger charge is 2.19. The van der Waals surface area contributed by atoms with E-state index < -0.39 is 0 Å². The number of hydrogen-bond donors (Lipinski definition) is 0. The number of nitrogens with zero attached hydrogens (tertiary/aromatic N) is 1. The van der Waals surface area contributed by atoms with Gasteiger partial charge in [-0.25, -0.2) is 0 Å². The maximum absolute atomic E-state index is 12.9. The van der Waals surface area contributed by atoms with Crippen LogP contribution in [0.2, 0.25) is 0 Å². The van der Waals surface area contributed by atoms with Gasteiger partial charge in [-0.2, -0.15) is 0 Å². The van der Waals surface area contributed by atoms with E-state index in [2.05, 4.69) is 29.5 Å². The third kappa shape index (κ3) is 3.84. The van der Waals surface area contributed by atoms with Crippen molar-refractivity contribution in [2.45, 2.75) is 26.7 Å². The molecular formula is C18H20INO. The van der Waals surface area contributed by atoms with Crippen molar-refractivity contribution >= 4 is 34.2 Å². The predicted molar refractivity (Wildman–Crippen MR) is 96.9 cm³/mol. The Labute approximate surface area is 140 Å². The van der Waals surface area contributed by atoms with E-state index >= 15 is 0 Å². The molecule has 0 aliphatic carbocycles. The van der Waals surface area contributed by atoms with Crippen molar-refractivity contribution < 1.29 is 4.79 Å². The molecule has 0 aromatic heterocycles. The maximum Gasteiger partial charge on any atom is 0.259 e. The van der Waals surface area contributed by atoms with E-state index in [-0.39, 0.29) is 5.91 Å². The molecule has 0 N–H and O–H groups in total. The Morgan fingerprint density at radius 2 is 1.81 bits per heavy atom. The van der Waals surface area contributed by atoms with Crippen molar-refractivity contribution in [3.8, 4) is 0 Å². The van der Waals surface area contributed by atoms with Crippen LogP contribution in [0.4, 0.5) is 5.69 Å². The minimum atomic E-state index is 0.0859. The number of benzene rings is 2. The van der Waals surface area contributed by atoms with Gasteiger partial charge in [-0.05, 0) is 59.7 Å². The lowest BCUT2D eigenvalue weighted by molar-refractivity contribution is 0.0985. The highest BCUT2D eigenvalue weighted by molar-refractivity contribution is 14.1. The minimum Gasteiger partial charge on any atom is -0.308 e. The highest BCUT2D eigenvalue weighted by Crippen LogP contribution is 2.22. The molecule has 0 radical (unpaired) electrons. The third-order valence-electron chi connectivity index (χ3n) is 3.47. The van der Waals surface area contributed by atoms with E-state index in [4.69, 9.17) is 0 Å². The number of amides is 1. The van der Waals surface area contributed by atoms with Gasteiger partial charge in [0.2, 0.25) is 0 Å². The quantitative estimate of drug-likeness (QED) is 0.652. The summed E-state index contributed by atoms with van der Waals surface area (Å²) in [5, 5.41) is 0. The van der Waals surface area contributed by atoms with Gasteiger partial charge in [0.1, 0.15) is 0 Å². The lowest BCUT2D eigenvalue weighted by Crippen LogP contribution is -2.32. The summed E-state index contributed by atoms with van der Waals surface area (Å²) < 4.78 is 1.04. The summed E-state index contributed by atoms with van der Waals surface area (Å²) in [6, 6.07) is 15.8. The fourth-order valence-electron chi connectivity index (χ4n) is 2.23. The van der Waals surface area contributed by atoms with Gasteiger partial charge in [-0.1, -0.05) is 43.7 Å². The van der Waals surface area contributed by atoms with E-state index in [0.717, 1.165) is 39.8 Å². The monoisotopic (exact) mass is 393 g/mol. The Kier molecular flexibility index (Phi) is 5.79. The van der Waals surface area contributed by atoms with E-state index in [9.17, 15) is 4.79 Å². The lowest BCUT2D eigenvalue weighted by Gasteiger charge is -2.23. The number of carbonyl (C=O) groups excluding carboxylic acids is 1. The zero-order chi connectivity index (χ0) is 15.2. The van der Waals surface area contributed by atoms with Crippen molar-refractivity contribution in [2.75, 3.05) is 11.4 Å². The molecule has 0 spiro atoms. The van der Waals surface area contributed by atoms with Gasteiger partial charge in [0, 0.05) is 15.8 Å². The fourth-order valence-corrected chi connectivity index (χ4v) is 2.82. The zero-order valence-corrected chi connectivity index (χ0v) is 14.6. The van der Waals surface area contributed by atoms with Crippen LogP contribution in [-0.4, -0.2) is 12.5 Å². The Balaban J connectivity index is 2.36. The molecule has 21 heavy (non-hydrogen) atoms. The number of hydrogen-bond acceptors (Lipinski definition) is 1. The van der Waals surface area contributed by atoms with Crippen LogP contribution in [0.1, 0.15) is 35.7 Å². The Morgan fingerprint density at radius 1 is 1.10 bits per heavy atom. The van der Waals surface area contributed by atoms with Gasteiger partial charge in [0.05, 0.1) is 5.56 Å². The molecule has 2 aromatic carbocycles. The van der Waals surface area contributed by atoms with Crippen molar-refractivity contribution in [3.05, 3.63) is 63.2 Å². The van der Waals surface area contributed by atoms with Crippen LogP contribution in [0.5, 0.6) is 0 Å². The van der Waals surface area contributed by atoms with Crippen LogP contribution in [0.15, 0.2) is 48.5 Å². The first-order valence-electron chi connectivity index (χ1n) is 7.27. The smallest absolute Gasteiger partial charge is 0.259 e. The topological polar surface area (TPSA) is 20.3 Å². The number of unbranched alkanes of at least 4 members (excludes halogenated alkanes) is 1. The SMILES string of the molecule is CCCCN(C(=O)c1cccc(C)c1I)c1ccccc1. The minimum absolute atomic E-state index is 0.0859. The summed E-state index contributed by atoms with van der Waals surface area (Å²) in [5.41, 5.74) is 2.90. The first-order chi connectivity index (χ1) is 10.1. The van der Waals surface area contributed by atoms with Crippen LogP contribution >= 0.6 is 22.6 Å². The molecule has 0 bridgehead atoms. The molecule has 0 saturated carbocycles. The number of aryl methyl sites for hydroxylation is 1. The number of anilines is 1. The molecule has 0 atom stereocenters. The molecule has 110 valence electrons. The van der Waals surface area contributed by atoms with Crippen LogP contribution in [-0.2, 0) is 0 Å². The van der Waals surface area contributed by atoms with E-state index in [0.29, 0.717) is 0 Å². The Bertz CT molecular complexity index is 610. The second kappa shape index (κ2) is 7.59. The Hall–Kier alpha value is -1.36. The molecule has 0 saturated heterocycles. The van der Waals surface area contributed by atoms with Gasteiger partial charge >= 0.3 is 0 Å². The van der Waals surface area contributed by atoms with Crippen LogP contribution in [0, 0.1) is 10.5 Å². The van der Waals surface area contributed by atoms with Gasteiger partial charge in [-0.3, -0.25) is 4.79 Å². The number of para-hydroxylation sites is 1. The predicted octanol–water partition coefficient (Wildman–Crippen LogP) is 5.05. The Morgan fingerprint density at radius 3 is 2.48 bits per heavy atom. The fraction of sp³-hybridized carbons (Fsp3) is 0.278. The summed E-state index contributed by atoms with van der Waals surface area (Å²) in [4.78, 5) is 14.8. The standard InChI is InChI=1S/C18H20INO/c1-3-4-13-20(15-10-6-5-7-11-15)18(21)16-12-8-9-14(2)17(16)19/h5-12H,3-4,13H2,1-2H3. The van der Waals surface area contributed by atoms with Crippen molar-refractivity contribution in [1.29, 1.82) is 0 Å². The van der Waals surface area contributed by atoms with Gasteiger partial charge < -0.3 is 4.90 Å². The molecule has 0 heterocycles. The molecule has 0 unspecified atom stereocenters. The second-order valence-electron chi connectivity index (χ2n) is 5.08. The molecule has 2 rings (SSSR count). The number of rotatable bonds is 5. The summed E-state index contributed by atoms with van der Waals surface area (Å²) in [6.45, 7) is 4.94. The molecule has 0 aliphatic heterocycles. The van der Waals surface area contributed by atoms with E-state index in [1.54, 1.807) is 0 Å². The molecule has 0 fully saturated rings. The average molecular weight is 393 g/mol. The van der Waals surface area contributed by atoms with Crippen LogP contribution in [0.25, 0.3) is 0 Å². The summed E-state index contributed by atoms with van der Waals surface area (Å²) in [5.74, 6) is 0.0859. The largest absolute Gasteiger partial charge is 0.308 e. The second-order valence-corrected chi connectivity index (χ2v) is 6.16. The summed E-state index contributed by atoms with van der Waals surface area (Å²) in [6.07, 6.45) is 2.07. The molecule has 0 aliphatic rings. The van der Waals surface area contributed by atoms with Gasteiger partial charge in [0.15, 0.2) is 0 Å². The number of carbonyl (C=O) groups is 1. The summed E-state index contributed by atoms with van der Waals surface area (Å²) >= 11 is 2.26. The average Bonchev–Trinajstić information content (AvgIpc) is 2.51. The van der Waals surface area contributed by atoms with Crippen molar-refractivity contribution in [2.24, 2.45) is 0 Å². The van der Waals surface area contributed by atoms with Gasteiger partial charge in [0.25, 0.3) is 5.91 Å². The van der Waals surface area contributed by atoms with Crippen molar-refractivity contribution in [3.63, 3.8) is 0 Å².